The van der Waals surface area contributed by atoms with Crippen LogP contribution in [-0.4, -0.2) is 24.4 Å². The standard InChI is InChI=1S/C15H18BrNO3/c1-3-19-15(18)10(2)8-13-9-14(17-20-13)11-4-6-12(16)7-5-11/h4-7,10,13H,3,8-9H2,1-2H3/t10-,13-/m0/s1. The molecular formula is C15H18BrNO3. The van der Waals surface area contributed by atoms with Crippen molar-refractivity contribution in [2.45, 2.75) is 32.8 Å². The summed E-state index contributed by atoms with van der Waals surface area (Å²) in [7, 11) is 0. The summed E-state index contributed by atoms with van der Waals surface area (Å²) in [6.07, 6.45) is 1.31. The summed E-state index contributed by atoms with van der Waals surface area (Å²) in [6.45, 7) is 4.08. The van der Waals surface area contributed by atoms with E-state index in [-0.39, 0.29) is 18.0 Å². The predicted molar refractivity (Wildman–Crippen MR) is 80.6 cm³/mol. The Morgan fingerprint density at radius 2 is 2.20 bits per heavy atom. The Kier molecular flexibility index (Phi) is 5.17. The number of hydrogen-bond donors (Lipinski definition) is 0. The second kappa shape index (κ2) is 6.88. The second-order valence-corrected chi connectivity index (χ2v) is 5.78. The summed E-state index contributed by atoms with van der Waals surface area (Å²) < 4.78 is 6.04. The van der Waals surface area contributed by atoms with Crippen LogP contribution in [0.2, 0.25) is 0 Å². The molecule has 1 heterocycles. The first kappa shape index (κ1) is 15.0. The van der Waals surface area contributed by atoms with E-state index in [4.69, 9.17) is 9.57 Å². The smallest absolute Gasteiger partial charge is 0.308 e. The molecule has 0 unspecified atom stereocenters. The maximum atomic E-state index is 11.6. The number of esters is 1. The molecule has 5 heteroatoms. The first-order valence-electron chi connectivity index (χ1n) is 6.75. The summed E-state index contributed by atoms with van der Waals surface area (Å²) in [4.78, 5) is 17.0. The minimum Gasteiger partial charge on any atom is -0.466 e. The molecule has 1 aromatic carbocycles. The normalized spacial score (nSPS) is 19.1. The van der Waals surface area contributed by atoms with Gasteiger partial charge in [-0.3, -0.25) is 4.79 Å². The van der Waals surface area contributed by atoms with Crippen LogP contribution in [0.25, 0.3) is 0 Å². The van der Waals surface area contributed by atoms with Gasteiger partial charge in [0.25, 0.3) is 0 Å². The minimum absolute atomic E-state index is 0.0481. The third-order valence-corrected chi connectivity index (χ3v) is 3.74. The summed E-state index contributed by atoms with van der Waals surface area (Å²) in [6, 6.07) is 7.96. The van der Waals surface area contributed by atoms with Crippen LogP contribution >= 0.6 is 15.9 Å². The van der Waals surface area contributed by atoms with Crippen LogP contribution < -0.4 is 0 Å². The Hall–Kier alpha value is -1.36. The van der Waals surface area contributed by atoms with Gasteiger partial charge in [0.15, 0.2) is 0 Å². The lowest BCUT2D eigenvalue weighted by Crippen LogP contribution is -2.21. The van der Waals surface area contributed by atoms with E-state index in [0.717, 1.165) is 22.2 Å². The van der Waals surface area contributed by atoms with Crippen molar-refractivity contribution >= 4 is 27.6 Å². The van der Waals surface area contributed by atoms with E-state index in [1.807, 2.05) is 38.1 Å². The summed E-state index contributed by atoms with van der Waals surface area (Å²) in [5.41, 5.74) is 1.98. The Labute approximate surface area is 127 Å². The number of ether oxygens (including phenoxy) is 1. The molecular weight excluding hydrogens is 322 g/mol. The van der Waals surface area contributed by atoms with E-state index in [1.54, 1.807) is 0 Å². The van der Waals surface area contributed by atoms with Crippen LogP contribution in [0, 0.1) is 5.92 Å². The fourth-order valence-electron chi connectivity index (χ4n) is 2.14. The van der Waals surface area contributed by atoms with Crippen LogP contribution in [0.4, 0.5) is 0 Å². The number of nitrogens with zero attached hydrogens (tertiary/aromatic N) is 1. The average Bonchev–Trinajstić information content (AvgIpc) is 2.88. The van der Waals surface area contributed by atoms with Crippen molar-refractivity contribution in [2.75, 3.05) is 6.61 Å². The van der Waals surface area contributed by atoms with Crippen LogP contribution in [0.15, 0.2) is 33.9 Å². The molecule has 0 fully saturated rings. The van der Waals surface area contributed by atoms with Gasteiger partial charge in [-0.1, -0.05) is 40.1 Å². The molecule has 0 saturated carbocycles. The number of carbonyl (C=O) groups is 1. The molecule has 0 amide bonds. The Bertz CT molecular complexity index is 498. The SMILES string of the molecule is CCOC(=O)[C@@H](C)C[C@H]1CC(c2ccc(Br)cc2)=NO1. The minimum atomic E-state index is -0.173. The highest BCUT2D eigenvalue weighted by Crippen LogP contribution is 2.23. The fraction of sp³-hybridized carbons (Fsp3) is 0.467. The summed E-state index contributed by atoms with van der Waals surface area (Å²) in [5.74, 6) is -0.340. The molecule has 2 rings (SSSR count). The zero-order chi connectivity index (χ0) is 14.5. The van der Waals surface area contributed by atoms with Gasteiger partial charge in [0.1, 0.15) is 6.10 Å². The monoisotopic (exact) mass is 339 g/mol. The molecule has 1 aromatic rings. The Morgan fingerprint density at radius 3 is 2.85 bits per heavy atom. The van der Waals surface area contributed by atoms with E-state index in [0.29, 0.717) is 13.0 Å². The first-order valence-corrected chi connectivity index (χ1v) is 7.54. The maximum Gasteiger partial charge on any atom is 0.308 e. The number of carbonyl (C=O) groups excluding carboxylic acids is 1. The van der Waals surface area contributed by atoms with E-state index < -0.39 is 0 Å². The molecule has 0 N–H and O–H groups in total. The highest BCUT2D eigenvalue weighted by atomic mass is 79.9. The second-order valence-electron chi connectivity index (χ2n) is 4.87. The molecule has 20 heavy (non-hydrogen) atoms. The molecule has 2 atom stereocenters. The largest absolute Gasteiger partial charge is 0.466 e. The first-order chi connectivity index (χ1) is 9.60. The van der Waals surface area contributed by atoms with E-state index in [1.165, 1.54) is 0 Å². The van der Waals surface area contributed by atoms with Gasteiger partial charge in [-0.25, -0.2) is 0 Å². The summed E-state index contributed by atoms with van der Waals surface area (Å²) in [5, 5.41) is 4.12. The lowest BCUT2D eigenvalue weighted by atomic mass is 9.98. The molecule has 0 saturated heterocycles. The van der Waals surface area contributed by atoms with Gasteiger partial charge in [0.2, 0.25) is 0 Å². The van der Waals surface area contributed by atoms with Crippen molar-refractivity contribution in [3.05, 3.63) is 34.3 Å². The summed E-state index contributed by atoms with van der Waals surface area (Å²) >= 11 is 3.41. The van der Waals surface area contributed by atoms with Gasteiger partial charge in [0.05, 0.1) is 18.2 Å². The molecule has 108 valence electrons. The zero-order valence-electron chi connectivity index (χ0n) is 11.6. The van der Waals surface area contributed by atoms with Crippen LogP contribution in [0.5, 0.6) is 0 Å². The number of hydrogen-bond acceptors (Lipinski definition) is 4. The van der Waals surface area contributed by atoms with Crippen molar-refractivity contribution in [1.82, 2.24) is 0 Å². The number of oxime groups is 1. The van der Waals surface area contributed by atoms with E-state index in [2.05, 4.69) is 21.1 Å². The molecule has 0 bridgehead atoms. The van der Waals surface area contributed by atoms with Gasteiger partial charge in [-0.05, 0) is 24.6 Å². The average molecular weight is 340 g/mol. The maximum absolute atomic E-state index is 11.6. The van der Waals surface area contributed by atoms with Gasteiger partial charge in [0, 0.05) is 17.3 Å². The quantitative estimate of drug-likeness (QED) is 0.771. The van der Waals surface area contributed by atoms with Crippen molar-refractivity contribution in [3.8, 4) is 0 Å². The third-order valence-electron chi connectivity index (χ3n) is 3.22. The van der Waals surface area contributed by atoms with Crippen molar-refractivity contribution in [2.24, 2.45) is 11.1 Å². The van der Waals surface area contributed by atoms with Gasteiger partial charge >= 0.3 is 5.97 Å². The van der Waals surface area contributed by atoms with Crippen LogP contribution in [0.1, 0.15) is 32.3 Å². The predicted octanol–water partition coefficient (Wildman–Crippen LogP) is 3.53. The molecule has 1 aliphatic heterocycles. The van der Waals surface area contributed by atoms with E-state index >= 15 is 0 Å². The number of halogens is 1. The lowest BCUT2D eigenvalue weighted by molar-refractivity contribution is -0.148. The highest BCUT2D eigenvalue weighted by Gasteiger charge is 2.27. The molecule has 0 spiro atoms. The molecule has 4 nitrogen and oxygen atoms in total. The van der Waals surface area contributed by atoms with E-state index in [9.17, 15) is 4.79 Å². The van der Waals surface area contributed by atoms with Crippen molar-refractivity contribution in [1.29, 1.82) is 0 Å². The Morgan fingerprint density at radius 1 is 1.50 bits per heavy atom. The third kappa shape index (κ3) is 3.82. The molecule has 0 radical (unpaired) electrons. The molecule has 0 aromatic heterocycles. The van der Waals surface area contributed by atoms with Crippen molar-refractivity contribution in [3.63, 3.8) is 0 Å². The topological polar surface area (TPSA) is 47.9 Å². The molecule has 1 aliphatic rings. The van der Waals surface area contributed by atoms with Gasteiger partial charge < -0.3 is 9.57 Å². The molecule has 0 aliphatic carbocycles. The zero-order valence-corrected chi connectivity index (χ0v) is 13.2. The number of benzene rings is 1. The lowest BCUT2D eigenvalue weighted by Gasteiger charge is -2.13. The number of rotatable bonds is 5. The Balaban J connectivity index is 1.88. The van der Waals surface area contributed by atoms with Crippen LogP contribution in [0.3, 0.4) is 0 Å². The van der Waals surface area contributed by atoms with Gasteiger partial charge in [-0.2, -0.15) is 0 Å². The van der Waals surface area contributed by atoms with Crippen LogP contribution in [-0.2, 0) is 14.4 Å². The fourth-order valence-corrected chi connectivity index (χ4v) is 2.41. The highest BCUT2D eigenvalue weighted by molar-refractivity contribution is 9.10. The van der Waals surface area contributed by atoms with Crippen molar-refractivity contribution < 1.29 is 14.4 Å². The van der Waals surface area contributed by atoms with Gasteiger partial charge in [-0.15, -0.1) is 0 Å².